The molecular weight excluding hydrogens is 240 g/mol. The van der Waals surface area contributed by atoms with Crippen molar-refractivity contribution in [2.45, 2.75) is 20.3 Å². The van der Waals surface area contributed by atoms with Gasteiger partial charge in [0.2, 0.25) is 5.91 Å². The van der Waals surface area contributed by atoms with Crippen LogP contribution in [0.5, 0.6) is 5.75 Å². The van der Waals surface area contributed by atoms with E-state index < -0.39 is 0 Å². The first-order valence-electron chi connectivity index (χ1n) is 6.74. The van der Waals surface area contributed by atoms with Gasteiger partial charge >= 0.3 is 0 Å². The Balaban J connectivity index is 1.87. The summed E-state index contributed by atoms with van der Waals surface area (Å²) >= 11 is 0. The second-order valence-electron chi connectivity index (χ2n) is 5.16. The maximum atomic E-state index is 11.7. The number of hydrogen-bond donors (Lipinski definition) is 2. The molecule has 4 nitrogen and oxygen atoms in total. The van der Waals surface area contributed by atoms with Crippen LogP contribution >= 0.6 is 0 Å². The van der Waals surface area contributed by atoms with Crippen LogP contribution in [-0.2, 0) is 11.2 Å². The van der Waals surface area contributed by atoms with Crippen molar-refractivity contribution < 1.29 is 9.53 Å². The molecule has 0 aromatic heterocycles. The average Bonchev–Trinajstić information content (AvgIpc) is 2.26. The number of carbonyl (C=O) groups excluding carboxylic acids is 1. The third-order valence-electron chi connectivity index (χ3n) is 3.59. The fraction of sp³-hybridized carbons (Fsp3) is 0.533. The molecule has 2 rings (SSSR count). The number of carbonyl (C=O) groups is 1. The molecule has 1 heterocycles. The summed E-state index contributed by atoms with van der Waals surface area (Å²) in [5.41, 5.74) is 3.53. The third-order valence-corrected chi connectivity index (χ3v) is 3.59. The number of amides is 1. The van der Waals surface area contributed by atoms with Crippen molar-refractivity contribution >= 4 is 5.91 Å². The van der Waals surface area contributed by atoms with Crippen LogP contribution in [0.1, 0.15) is 16.7 Å². The average molecular weight is 262 g/mol. The third kappa shape index (κ3) is 3.26. The van der Waals surface area contributed by atoms with Gasteiger partial charge in [0.15, 0.2) is 0 Å². The highest BCUT2D eigenvalue weighted by Gasteiger charge is 2.24. The molecule has 1 aliphatic rings. The van der Waals surface area contributed by atoms with Crippen LogP contribution < -0.4 is 15.4 Å². The predicted molar refractivity (Wildman–Crippen MR) is 75.5 cm³/mol. The van der Waals surface area contributed by atoms with Crippen molar-refractivity contribution in [2.75, 3.05) is 26.7 Å². The Morgan fingerprint density at radius 1 is 1.37 bits per heavy atom. The molecule has 1 aromatic carbocycles. The van der Waals surface area contributed by atoms with E-state index in [0.29, 0.717) is 6.54 Å². The van der Waals surface area contributed by atoms with Crippen LogP contribution in [0.2, 0.25) is 0 Å². The fourth-order valence-electron chi connectivity index (χ4n) is 2.45. The summed E-state index contributed by atoms with van der Waals surface area (Å²) in [7, 11) is 1.70. The normalized spacial score (nSPS) is 14.9. The molecule has 0 radical (unpaired) electrons. The standard InChI is InChI=1S/C15H22N2O2/c1-10-6-12(7-11(2)14(10)19-3)4-5-17-15(18)13-8-16-9-13/h6-7,13,16H,4-5,8-9H2,1-3H3,(H,17,18). The molecule has 0 spiro atoms. The highest BCUT2D eigenvalue weighted by Crippen LogP contribution is 2.24. The van der Waals surface area contributed by atoms with E-state index in [1.54, 1.807) is 7.11 Å². The molecule has 1 fully saturated rings. The second-order valence-corrected chi connectivity index (χ2v) is 5.16. The van der Waals surface area contributed by atoms with Gasteiger partial charge in [-0.2, -0.15) is 0 Å². The quantitative estimate of drug-likeness (QED) is 0.838. The molecule has 2 N–H and O–H groups in total. The Morgan fingerprint density at radius 2 is 2.00 bits per heavy atom. The van der Waals surface area contributed by atoms with Crippen LogP contribution in [0, 0.1) is 19.8 Å². The minimum atomic E-state index is 0.166. The Kier molecular flexibility index (Phi) is 4.43. The molecule has 19 heavy (non-hydrogen) atoms. The lowest BCUT2D eigenvalue weighted by atomic mass is 10.0. The smallest absolute Gasteiger partial charge is 0.225 e. The Hall–Kier alpha value is -1.55. The molecule has 1 aromatic rings. The molecule has 4 heteroatoms. The first-order valence-corrected chi connectivity index (χ1v) is 6.74. The van der Waals surface area contributed by atoms with E-state index in [0.717, 1.165) is 36.4 Å². The zero-order valence-electron chi connectivity index (χ0n) is 11.9. The van der Waals surface area contributed by atoms with Crippen LogP contribution in [0.15, 0.2) is 12.1 Å². The summed E-state index contributed by atoms with van der Waals surface area (Å²) in [5, 5.41) is 6.09. The lowest BCUT2D eigenvalue weighted by Gasteiger charge is -2.25. The van der Waals surface area contributed by atoms with Gasteiger partial charge < -0.3 is 15.4 Å². The Morgan fingerprint density at radius 3 is 2.47 bits per heavy atom. The minimum Gasteiger partial charge on any atom is -0.496 e. The monoisotopic (exact) mass is 262 g/mol. The molecule has 1 saturated heterocycles. The van der Waals surface area contributed by atoms with Crippen molar-refractivity contribution in [3.63, 3.8) is 0 Å². The Bertz CT molecular complexity index is 444. The molecular formula is C15H22N2O2. The Labute approximate surface area is 114 Å². The van der Waals surface area contributed by atoms with Gasteiger partial charge in [0.25, 0.3) is 0 Å². The zero-order valence-corrected chi connectivity index (χ0v) is 11.9. The van der Waals surface area contributed by atoms with E-state index in [1.165, 1.54) is 5.56 Å². The maximum absolute atomic E-state index is 11.7. The highest BCUT2D eigenvalue weighted by molar-refractivity contribution is 5.79. The molecule has 1 aliphatic heterocycles. The molecule has 0 unspecified atom stereocenters. The van der Waals surface area contributed by atoms with Crippen LogP contribution in [-0.4, -0.2) is 32.7 Å². The zero-order chi connectivity index (χ0) is 13.8. The largest absolute Gasteiger partial charge is 0.496 e. The van der Waals surface area contributed by atoms with E-state index >= 15 is 0 Å². The van der Waals surface area contributed by atoms with Gasteiger partial charge in [-0.15, -0.1) is 0 Å². The summed E-state index contributed by atoms with van der Waals surface area (Å²) in [6.45, 7) is 6.42. The van der Waals surface area contributed by atoms with Crippen molar-refractivity contribution in [3.8, 4) is 5.75 Å². The molecule has 0 bridgehead atoms. The number of hydrogen-bond acceptors (Lipinski definition) is 3. The van der Waals surface area contributed by atoms with Crippen molar-refractivity contribution in [1.29, 1.82) is 0 Å². The van der Waals surface area contributed by atoms with Crippen LogP contribution in [0.25, 0.3) is 0 Å². The van der Waals surface area contributed by atoms with E-state index in [9.17, 15) is 4.79 Å². The van der Waals surface area contributed by atoms with E-state index in [-0.39, 0.29) is 11.8 Å². The van der Waals surface area contributed by atoms with Gasteiger partial charge in [-0.05, 0) is 37.0 Å². The van der Waals surface area contributed by atoms with Gasteiger partial charge in [-0.25, -0.2) is 0 Å². The van der Waals surface area contributed by atoms with Gasteiger partial charge in [0.1, 0.15) is 5.75 Å². The molecule has 0 saturated carbocycles. The number of nitrogens with one attached hydrogen (secondary N) is 2. The summed E-state index contributed by atoms with van der Waals surface area (Å²) < 4.78 is 5.35. The van der Waals surface area contributed by atoms with Crippen molar-refractivity contribution in [3.05, 3.63) is 28.8 Å². The summed E-state index contributed by atoms with van der Waals surface area (Å²) in [6, 6.07) is 4.26. The first kappa shape index (κ1) is 13.9. The van der Waals surface area contributed by atoms with E-state index in [1.807, 2.05) is 13.8 Å². The predicted octanol–water partition coefficient (Wildman–Crippen LogP) is 1.19. The van der Waals surface area contributed by atoms with Crippen LogP contribution in [0.4, 0.5) is 0 Å². The minimum absolute atomic E-state index is 0.166. The van der Waals surface area contributed by atoms with Gasteiger partial charge in [0, 0.05) is 19.6 Å². The van der Waals surface area contributed by atoms with Gasteiger partial charge in [-0.3, -0.25) is 4.79 Å². The highest BCUT2D eigenvalue weighted by atomic mass is 16.5. The maximum Gasteiger partial charge on any atom is 0.225 e. The summed E-state index contributed by atoms with van der Waals surface area (Å²) in [6.07, 6.45) is 0.859. The summed E-state index contributed by atoms with van der Waals surface area (Å²) in [5.74, 6) is 1.29. The van der Waals surface area contributed by atoms with E-state index in [2.05, 4.69) is 22.8 Å². The second kappa shape index (κ2) is 6.06. The molecule has 104 valence electrons. The lowest BCUT2D eigenvalue weighted by Crippen LogP contribution is -2.51. The van der Waals surface area contributed by atoms with Gasteiger partial charge in [-0.1, -0.05) is 12.1 Å². The van der Waals surface area contributed by atoms with Gasteiger partial charge in [0.05, 0.1) is 13.0 Å². The first-order chi connectivity index (χ1) is 9.11. The molecule has 0 atom stereocenters. The number of aryl methyl sites for hydroxylation is 2. The van der Waals surface area contributed by atoms with Crippen molar-refractivity contribution in [1.82, 2.24) is 10.6 Å². The van der Waals surface area contributed by atoms with E-state index in [4.69, 9.17) is 4.74 Å². The summed E-state index contributed by atoms with van der Waals surface area (Å²) in [4.78, 5) is 11.7. The molecule has 1 amide bonds. The number of rotatable bonds is 5. The lowest BCUT2D eigenvalue weighted by molar-refractivity contribution is -0.126. The number of methoxy groups -OCH3 is 1. The van der Waals surface area contributed by atoms with Crippen LogP contribution in [0.3, 0.4) is 0 Å². The van der Waals surface area contributed by atoms with Crippen molar-refractivity contribution in [2.24, 2.45) is 5.92 Å². The molecule has 0 aliphatic carbocycles. The number of benzene rings is 1. The number of ether oxygens (including phenoxy) is 1. The topological polar surface area (TPSA) is 50.4 Å². The SMILES string of the molecule is COc1c(C)cc(CCNC(=O)C2CNC2)cc1C. The fourth-order valence-corrected chi connectivity index (χ4v) is 2.45.